The average molecular weight is 239 g/mol. The largest absolute Gasteiger partial charge is 0.478 e. The zero-order valence-electron chi connectivity index (χ0n) is 10.0. The number of ether oxygens (including phenoxy) is 1. The van der Waals surface area contributed by atoms with Gasteiger partial charge in [0.2, 0.25) is 0 Å². The summed E-state index contributed by atoms with van der Waals surface area (Å²) >= 11 is 0. The molecule has 0 fully saturated rings. The molecule has 6 heteroatoms. The first-order chi connectivity index (χ1) is 8.10. The highest BCUT2D eigenvalue weighted by Crippen LogP contribution is 2.17. The minimum Gasteiger partial charge on any atom is -0.478 e. The molecule has 0 amide bonds. The minimum atomic E-state index is -1.05. The number of aromatic nitrogens is 1. The Balaban J connectivity index is 2.96. The molecule has 0 atom stereocenters. The zero-order chi connectivity index (χ0) is 12.8. The van der Waals surface area contributed by atoms with Gasteiger partial charge in [0.25, 0.3) is 0 Å². The summed E-state index contributed by atoms with van der Waals surface area (Å²) in [4.78, 5) is 17.0. The van der Waals surface area contributed by atoms with E-state index in [9.17, 15) is 4.79 Å². The Morgan fingerprint density at radius 3 is 2.88 bits per heavy atom. The molecule has 1 heterocycles. The third kappa shape index (κ3) is 3.32. The Morgan fingerprint density at radius 1 is 1.65 bits per heavy atom. The number of nitrogens with zero attached hydrogens (tertiary/aromatic N) is 2. The molecule has 3 N–H and O–H groups in total. The van der Waals surface area contributed by atoms with Crippen LogP contribution in [0.4, 0.5) is 11.5 Å². The number of anilines is 2. The summed E-state index contributed by atoms with van der Waals surface area (Å²) in [7, 11) is 1.62. The second-order valence-electron chi connectivity index (χ2n) is 3.51. The van der Waals surface area contributed by atoms with E-state index in [0.717, 1.165) is 6.54 Å². The number of nitrogen functional groups attached to an aromatic ring is 1. The first-order valence-electron chi connectivity index (χ1n) is 5.32. The highest BCUT2D eigenvalue weighted by molar-refractivity contribution is 5.94. The number of rotatable bonds is 6. The van der Waals surface area contributed by atoms with Gasteiger partial charge in [0.05, 0.1) is 24.1 Å². The predicted octanol–water partition coefficient (Wildman–Crippen LogP) is 0.835. The van der Waals surface area contributed by atoms with Crippen molar-refractivity contribution < 1.29 is 14.6 Å². The maximum atomic E-state index is 10.9. The second-order valence-corrected chi connectivity index (χ2v) is 3.51. The predicted molar refractivity (Wildman–Crippen MR) is 65.4 cm³/mol. The molecule has 0 aliphatic rings. The lowest BCUT2D eigenvalue weighted by Crippen LogP contribution is -2.28. The van der Waals surface area contributed by atoms with Crippen LogP contribution >= 0.6 is 0 Å². The van der Waals surface area contributed by atoms with Gasteiger partial charge in [0.1, 0.15) is 5.82 Å². The molecule has 0 aliphatic carbocycles. The SMILES string of the molecule is CCN(CCOC)c1cc(C(=O)O)c(N)cn1. The van der Waals surface area contributed by atoms with Crippen LogP contribution in [0.3, 0.4) is 0 Å². The summed E-state index contributed by atoms with van der Waals surface area (Å²) in [5, 5.41) is 8.97. The van der Waals surface area contributed by atoms with E-state index in [1.54, 1.807) is 7.11 Å². The summed E-state index contributed by atoms with van der Waals surface area (Å²) in [6.07, 6.45) is 1.37. The van der Waals surface area contributed by atoms with Crippen molar-refractivity contribution in [1.29, 1.82) is 0 Å². The van der Waals surface area contributed by atoms with Gasteiger partial charge in [-0.15, -0.1) is 0 Å². The number of hydrogen-bond acceptors (Lipinski definition) is 5. The number of carboxylic acids is 1. The molecule has 1 rings (SSSR count). The first-order valence-corrected chi connectivity index (χ1v) is 5.32. The highest BCUT2D eigenvalue weighted by Gasteiger charge is 2.12. The van der Waals surface area contributed by atoms with Gasteiger partial charge in [-0.3, -0.25) is 0 Å². The van der Waals surface area contributed by atoms with E-state index in [0.29, 0.717) is 19.0 Å². The van der Waals surface area contributed by atoms with Crippen molar-refractivity contribution in [2.75, 3.05) is 37.4 Å². The van der Waals surface area contributed by atoms with Gasteiger partial charge in [-0.05, 0) is 13.0 Å². The van der Waals surface area contributed by atoms with Gasteiger partial charge < -0.3 is 20.5 Å². The van der Waals surface area contributed by atoms with Crippen molar-refractivity contribution in [3.8, 4) is 0 Å². The van der Waals surface area contributed by atoms with Crippen LogP contribution in [0, 0.1) is 0 Å². The number of methoxy groups -OCH3 is 1. The Bertz CT molecular complexity index is 396. The van der Waals surface area contributed by atoms with Gasteiger partial charge in [-0.25, -0.2) is 9.78 Å². The third-order valence-corrected chi connectivity index (χ3v) is 2.42. The maximum Gasteiger partial charge on any atom is 0.337 e. The summed E-state index contributed by atoms with van der Waals surface area (Å²) in [6, 6.07) is 1.48. The molecule has 0 aromatic carbocycles. The molecule has 1 aromatic heterocycles. The van der Waals surface area contributed by atoms with Gasteiger partial charge in [0.15, 0.2) is 0 Å². The summed E-state index contributed by atoms with van der Waals surface area (Å²) < 4.78 is 4.99. The van der Waals surface area contributed by atoms with E-state index in [2.05, 4.69) is 4.98 Å². The van der Waals surface area contributed by atoms with Gasteiger partial charge in [-0.2, -0.15) is 0 Å². The molecule has 0 saturated heterocycles. The molecule has 0 radical (unpaired) electrons. The van der Waals surface area contributed by atoms with Crippen LogP contribution in [0.5, 0.6) is 0 Å². The summed E-state index contributed by atoms with van der Waals surface area (Å²) in [6.45, 7) is 3.90. The van der Waals surface area contributed by atoms with Crippen molar-refractivity contribution in [1.82, 2.24) is 4.98 Å². The van der Waals surface area contributed by atoms with E-state index in [1.165, 1.54) is 12.3 Å². The standard InChI is InChI=1S/C11H17N3O3/c1-3-14(4-5-17-2)10-6-8(11(15)16)9(12)7-13-10/h6-7H,3-5,12H2,1-2H3,(H,15,16). The molecule has 17 heavy (non-hydrogen) atoms. The van der Waals surface area contributed by atoms with Crippen LogP contribution in [-0.4, -0.2) is 42.9 Å². The van der Waals surface area contributed by atoms with Crippen molar-refractivity contribution in [2.45, 2.75) is 6.92 Å². The molecule has 6 nitrogen and oxygen atoms in total. The van der Waals surface area contributed by atoms with Gasteiger partial charge in [-0.1, -0.05) is 0 Å². The Hall–Kier alpha value is -1.82. The topological polar surface area (TPSA) is 88.7 Å². The molecule has 0 saturated carbocycles. The Morgan fingerprint density at radius 2 is 2.35 bits per heavy atom. The van der Waals surface area contributed by atoms with Gasteiger partial charge >= 0.3 is 5.97 Å². The molecule has 0 aliphatic heterocycles. The molecule has 0 spiro atoms. The second kappa shape index (κ2) is 6.05. The van der Waals surface area contributed by atoms with E-state index in [1.807, 2.05) is 11.8 Å². The van der Waals surface area contributed by atoms with E-state index in [-0.39, 0.29) is 11.3 Å². The average Bonchev–Trinajstić information content (AvgIpc) is 2.31. The van der Waals surface area contributed by atoms with Gasteiger partial charge in [0, 0.05) is 20.2 Å². The van der Waals surface area contributed by atoms with E-state index in [4.69, 9.17) is 15.6 Å². The van der Waals surface area contributed by atoms with Crippen molar-refractivity contribution >= 4 is 17.5 Å². The number of carboxylic acid groups (broad SMARTS) is 1. The zero-order valence-corrected chi connectivity index (χ0v) is 10.0. The molecule has 1 aromatic rings. The third-order valence-electron chi connectivity index (χ3n) is 2.42. The number of carbonyl (C=O) groups is 1. The number of aromatic carboxylic acids is 1. The van der Waals surface area contributed by atoms with E-state index < -0.39 is 5.97 Å². The molecule has 0 bridgehead atoms. The number of pyridine rings is 1. The molecular formula is C11H17N3O3. The summed E-state index contributed by atoms with van der Waals surface area (Å²) in [5.74, 6) is -0.454. The fourth-order valence-corrected chi connectivity index (χ4v) is 1.45. The fourth-order valence-electron chi connectivity index (χ4n) is 1.45. The molecule has 94 valence electrons. The quantitative estimate of drug-likeness (QED) is 0.764. The Kier molecular flexibility index (Phi) is 4.71. The normalized spacial score (nSPS) is 10.2. The molecule has 0 unspecified atom stereocenters. The first kappa shape index (κ1) is 13.2. The molecular weight excluding hydrogens is 222 g/mol. The van der Waals surface area contributed by atoms with Crippen LogP contribution in [0.2, 0.25) is 0 Å². The summed E-state index contributed by atoms with van der Waals surface area (Å²) in [5.41, 5.74) is 5.79. The van der Waals surface area contributed by atoms with Crippen LogP contribution in [-0.2, 0) is 4.74 Å². The van der Waals surface area contributed by atoms with Crippen LogP contribution in [0.25, 0.3) is 0 Å². The van der Waals surface area contributed by atoms with Crippen LogP contribution in [0.1, 0.15) is 17.3 Å². The number of hydrogen-bond donors (Lipinski definition) is 2. The van der Waals surface area contributed by atoms with Crippen molar-refractivity contribution in [2.24, 2.45) is 0 Å². The lowest BCUT2D eigenvalue weighted by Gasteiger charge is -2.21. The van der Waals surface area contributed by atoms with Crippen LogP contribution in [0.15, 0.2) is 12.3 Å². The lowest BCUT2D eigenvalue weighted by atomic mass is 10.2. The minimum absolute atomic E-state index is 0.0749. The van der Waals surface area contributed by atoms with Crippen molar-refractivity contribution in [3.63, 3.8) is 0 Å². The Labute approximate surface area is 100 Å². The highest BCUT2D eigenvalue weighted by atomic mass is 16.5. The van der Waals surface area contributed by atoms with Crippen LogP contribution < -0.4 is 10.6 Å². The van der Waals surface area contributed by atoms with E-state index >= 15 is 0 Å². The monoisotopic (exact) mass is 239 g/mol. The number of likely N-dealkylation sites (N-methyl/N-ethyl adjacent to an activating group) is 1. The number of nitrogens with two attached hydrogens (primary N) is 1. The lowest BCUT2D eigenvalue weighted by molar-refractivity contribution is 0.0698. The smallest absolute Gasteiger partial charge is 0.337 e. The van der Waals surface area contributed by atoms with Crippen molar-refractivity contribution in [3.05, 3.63) is 17.8 Å². The fraction of sp³-hybridized carbons (Fsp3) is 0.455. The maximum absolute atomic E-state index is 10.9.